The minimum Gasteiger partial charge on any atom is -0.454 e. The first-order valence-electron chi connectivity index (χ1n) is 17.3. The summed E-state index contributed by atoms with van der Waals surface area (Å²) in [7, 11) is 0. The number of piperidine rings is 1. The quantitative estimate of drug-likeness (QED) is 0.169. The lowest BCUT2D eigenvalue weighted by Gasteiger charge is -2.40. The summed E-state index contributed by atoms with van der Waals surface area (Å²) in [5.74, 6) is 1.66. The zero-order valence-corrected chi connectivity index (χ0v) is 29.3. The SMILES string of the molecule is Cc1cc(-c2cc(CN3CCC(N(Cc4ccccc4-c4cc(C)c(C)c(C)c4)c4ccc5c(c4)OCO5)CC3)ccn2)cc(C)c1C. The standard InChI is InChI=1S/C43H47N3O2/c1-28-19-36(20-29(2)32(28)5)40-10-8-7-9-35(40)26-46(39-11-12-42-43(24-39)48-27-47-42)38-14-17-45(18-15-38)25-34-13-16-44-41(23-34)37-21-30(3)33(6)31(4)22-37/h7-13,16,19-24,38H,14-15,17-18,25-27H2,1-6H3. The van der Waals surface area contributed by atoms with Gasteiger partial charge in [-0.1, -0.05) is 36.4 Å². The highest BCUT2D eigenvalue weighted by atomic mass is 16.7. The molecule has 4 aromatic carbocycles. The lowest BCUT2D eigenvalue weighted by Crippen LogP contribution is -2.44. The molecule has 0 unspecified atom stereocenters. The molecule has 0 spiro atoms. The molecule has 5 aromatic rings. The van der Waals surface area contributed by atoms with Crippen molar-refractivity contribution in [3.05, 3.63) is 130 Å². The Hall–Kier alpha value is -4.61. The van der Waals surface area contributed by atoms with Crippen LogP contribution in [0.1, 0.15) is 57.3 Å². The van der Waals surface area contributed by atoms with Gasteiger partial charge in [-0.25, -0.2) is 0 Å². The van der Waals surface area contributed by atoms with E-state index in [0.717, 1.165) is 56.2 Å². The lowest BCUT2D eigenvalue weighted by atomic mass is 9.93. The normalized spacial score (nSPS) is 14.8. The number of aromatic nitrogens is 1. The molecule has 5 heteroatoms. The Kier molecular flexibility index (Phi) is 8.98. The van der Waals surface area contributed by atoms with Crippen molar-refractivity contribution in [3.8, 4) is 33.9 Å². The predicted octanol–water partition coefficient (Wildman–Crippen LogP) is 9.67. The summed E-state index contributed by atoms with van der Waals surface area (Å²) in [5.41, 5.74) is 16.7. The van der Waals surface area contributed by atoms with E-state index in [1.54, 1.807) is 0 Å². The van der Waals surface area contributed by atoms with Crippen LogP contribution in [0.4, 0.5) is 5.69 Å². The zero-order chi connectivity index (χ0) is 33.4. The van der Waals surface area contributed by atoms with E-state index in [1.807, 2.05) is 6.20 Å². The number of hydrogen-bond acceptors (Lipinski definition) is 5. The molecule has 48 heavy (non-hydrogen) atoms. The number of hydrogen-bond donors (Lipinski definition) is 0. The number of anilines is 1. The van der Waals surface area contributed by atoms with E-state index in [-0.39, 0.29) is 6.79 Å². The fourth-order valence-corrected chi connectivity index (χ4v) is 7.37. The van der Waals surface area contributed by atoms with Gasteiger partial charge in [-0.2, -0.15) is 0 Å². The van der Waals surface area contributed by atoms with Crippen LogP contribution in [-0.4, -0.2) is 35.8 Å². The van der Waals surface area contributed by atoms with Gasteiger partial charge >= 0.3 is 0 Å². The average Bonchev–Trinajstić information content (AvgIpc) is 3.57. The molecule has 3 heterocycles. The van der Waals surface area contributed by atoms with Gasteiger partial charge in [-0.05, 0) is 146 Å². The minimum atomic E-state index is 0.284. The Morgan fingerprint density at radius 1 is 0.708 bits per heavy atom. The molecule has 246 valence electrons. The second-order valence-corrected chi connectivity index (χ2v) is 13.8. The van der Waals surface area contributed by atoms with Gasteiger partial charge in [-0.15, -0.1) is 0 Å². The maximum absolute atomic E-state index is 5.84. The number of rotatable bonds is 8. The fraction of sp³-hybridized carbons (Fsp3) is 0.326. The molecule has 0 bridgehead atoms. The molecule has 2 aliphatic rings. The number of aryl methyl sites for hydroxylation is 4. The molecule has 0 saturated carbocycles. The van der Waals surface area contributed by atoms with Crippen LogP contribution in [0.25, 0.3) is 22.4 Å². The summed E-state index contributed by atoms with van der Waals surface area (Å²) < 4.78 is 11.5. The van der Waals surface area contributed by atoms with Gasteiger partial charge in [0.2, 0.25) is 6.79 Å². The molecule has 1 fully saturated rings. The van der Waals surface area contributed by atoms with Crippen LogP contribution in [0.3, 0.4) is 0 Å². The van der Waals surface area contributed by atoms with Crippen molar-refractivity contribution < 1.29 is 9.47 Å². The smallest absolute Gasteiger partial charge is 0.231 e. The summed E-state index contributed by atoms with van der Waals surface area (Å²) in [4.78, 5) is 9.96. The zero-order valence-electron chi connectivity index (χ0n) is 29.3. The summed E-state index contributed by atoms with van der Waals surface area (Å²) in [6.45, 7) is 17.4. The van der Waals surface area contributed by atoms with E-state index in [0.29, 0.717) is 6.04 Å². The van der Waals surface area contributed by atoms with Crippen LogP contribution >= 0.6 is 0 Å². The van der Waals surface area contributed by atoms with Crippen molar-refractivity contribution in [3.63, 3.8) is 0 Å². The maximum atomic E-state index is 5.84. The van der Waals surface area contributed by atoms with Crippen LogP contribution in [-0.2, 0) is 13.1 Å². The van der Waals surface area contributed by atoms with E-state index in [9.17, 15) is 0 Å². The van der Waals surface area contributed by atoms with Gasteiger partial charge in [0.05, 0.1) is 5.69 Å². The Balaban J connectivity index is 1.12. The predicted molar refractivity (Wildman–Crippen MR) is 197 cm³/mol. The second-order valence-electron chi connectivity index (χ2n) is 13.8. The molecule has 1 saturated heterocycles. The minimum absolute atomic E-state index is 0.284. The summed E-state index contributed by atoms with van der Waals surface area (Å²) in [5, 5.41) is 0. The Bertz CT molecular complexity index is 1910. The number of pyridine rings is 1. The highest BCUT2D eigenvalue weighted by molar-refractivity contribution is 5.71. The van der Waals surface area contributed by atoms with Crippen LogP contribution in [0.5, 0.6) is 11.5 Å². The summed E-state index contributed by atoms with van der Waals surface area (Å²) in [6, 6.07) is 29.4. The van der Waals surface area contributed by atoms with Gasteiger partial charge < -0.3 is 14.4 Å². The first kappa shape index (κ1) is 32.0. The lowest BCUT2D eigenvalue weighted by molar-refractivity contribution is 0.174. The molecule has 0 aliphatic carbocycles. The van der Waals surface area contributed by atoms with Crippen LogP contribution in [0.15, 0.2) is 85.1 Å². The van der Waals surface area contributed by atoms with E-state index in [1.165, 1.54) is 66.9 Å². The molecule has 0 N–H and O–H groups in total. The third kappa shape index (κ3) is 6.57. The molecule has 0 amide bonds. The van der Waals surface area contributed by atoms with Crippen molar-refractivity contribution in [2.24, 2.45) is 0 Å². The highest BCUT2D eigenvalue weighted by Crippen LogP contribution is 2.38. The van der Waals surface area contributed by atoms with Crippen molar-refractivity contribution in [1.29, 1.82) is 0 Å². The van der Waals surface area contributed by atoms with E-state index < -0.39 is 0 Å². The summed E-state index contributed by atoms with van der Waals surface area (Å²) in [6.07, 6.45) is 4.15. The largest absolute Gasteiger partial charge is 0.454 e. The van der Waals surface area contributed by atoms with Crippen LogP contribution in [0, 0.1) is 41.5 Å². The molecule has 0 atom stereocenters. The average molecular weight is 638 g/mol. The third-order valence-corrected chi connectivity index (χ3v) is 10.7. The van der Waals surface area contributed by atoms with Gasteiger partial charge in [-0.3, -0.25) is 9.88 Å². The van der Waals surface area contributed by atoms with E-state index >= 15 is 0 Å². The van der Waals surface area contributed by atoms with Crippen molar-refractivity contribution in [2.75, 3.05) is 24.8 Å². The number of nitrogens with zero attached hydrogens (tertiary/aromatic N) is 3. The number of ether oxygens (including phenoxy) is 2. The highest BCUT2D eigenvalue weighted by Gasteiger charge is 2.27. The molecular weight excluding hydrogens is 590 g/mol. The van der Waals surface area contributed by atoms with E-state index in [4.69, 9.17) is 14.5 Å². The first-order valence-corrected chi connectivity index (χ1v) is 17.3. The Morgan fingerprint density at radius 3 is 2.06 bits per heavy atom. The Morgan fingerprint density at radius 2 is 1.35 bits per heavy atom. The Labute approximate surface area is 286 Å². The maximum Gasteiger partial charge on any atom is 0.231 e. The topological polar surface area (TPSA) is 37.8 Å². The van der Waals surface area contributed by atoms with Crippen molar-refractivity contribution in [1.82, 2.24) is 9.88 Å². The van der Waals surface area contributed by atoms with Crippen LogP contribution < -0.4 is 14.4 Å². The second kappa shape index (κ2) is 13.5. The van der Waals surface area contributed by atoms with Crippen molar-refractivity contribution in [2.45, 2.75) is 73.5 Å². The number of benzene rings is 4. The van der Waals surface area contributed by atoms with Gasteiger partial charge in [0.15, 0.2) is 11.5 Å². The summed E-state index contributed by atoms with van der Waals surface area (Å²) >= 11 is 0. The van der Waals surface area contributed by atoms with Crippen LogP contribution in [0.2, 0.25) is 0 Å². The number of fused-ring (bicyclic) bond motifs is 1. The van der Waals surface area contributed by atoms with Gasteiger partial charge in [0.1, 0.15) is 0 Å². The molecule has 2 aliphatic heterocycles. The molecule has 5 nitrogen and oxygen atoms in total. The molecule has 7 rings (SSSR count). The molecule has 1 aromatic heterocycles. The van der Waals surface area contributed by atoms with E-state index in [2.05, 4.69) is 130 Å². The van der Waals surface area contributed by atoms with Gasteiger partial charge in [0, 0.05) is 55.7 Å². The monoisotopic (exact) mass is 637 g/mol. The molecular formula is C43H47N3O2. The third-order valence-electron chi connectivity index (χ3n) is 10.7. The van der Waals surface area contributed by atoms with Gasteiger partial charge in [0.25, 0.3) is 0 Å². The van der Waals surface area contributed by atoms with Crippen molar-refractivity contribution >= 4 is 5.69 Å². The number of likely N-dealkylation sites (tertiary alicyclic amines) is 1. The first-order chi connectivity index (χ1) is 23.2. The molecule has 0 radical (unpaired) electrons. The fourth-order valence-electron chi connectivity index (χ4n) is 7.37.